The second kappa shape index (κ2) is 5.05. The van der Waals surface area contributed by atoms with Gasteiger partial charge in [-0.2, -0.15) is 0 Å². The Labute approximate surface area is 81.0 Å². The molecule has 0 bridgehead atoms. The summed E-state index contributed by atoms with van der Waals surface area (Å²) in [5.74, 6) is -0.214. The van der Waals surface area contributed by atoms with Gasteiger partial charge in [-0.3, -0.25) is 4.79 Å². The first-order valence-corrected chi connectivity index (χ1v) is 4.76. The number of hydrogen-bond donors (Lipinski definition) is 0. The molecule has 1 atom stereocenters. The molecule has 0 heterocycles. The molecular formula is C11H20O2. The Morgan fingerprint density at radius 1 is 1.54 bits per heavy atom. The minimum Gasteiger partial charge on any atom is -0.466 e. The average Bonchev–Trinajstić information content (AvgIpc) is 2.03. The minimum atomic E-state index is -0.124. The zero-order valence-corrected chi connectivity index (χ0v) is 9.26. The van der Waals surface area contributed by atoms with E-state index in [9.17, 15) is 4.79 Å². The van der Waals surface area contributed by atoms with Gasteiger partial charge in [0.2, 0.25) is 0 Å². The van der Waals surface area contributed by atoms with Crippen LogP contribution in [0.1, 0.15) is 34.6 Å². The molecule has 0 aromatic heterocycles. The molecule has 0 N–H and O–H groups in total. The Kier molecular flexibility index (Phi) is 4.74. The van der Waals surface area contributed by atoms with E-state index in [1.165, 1.54) is 0 Å². The summed E-state index contributed by atoms with van der Waals surface area (Å²) < 4.78 is 4.96. The van der Waals surface area contributed by atoms with Crippen LogP contribution in [0.5, 0.6) is 0 Å². The minimum absolute atomic E-state index is 0.0938. The quantitative estimate of drug-likeness (QED) is 0.496. The third kappa shape index (κ3) is 3.62. The highest BCUT2D eigenvalue weighted by Gasteiger charge is 2.29. The lowest BCUT2D eigenvalue weighted by molar-refractivity contribution is -0.150. The summed E-state index contributed by atoms with van der Waals surface area (Å²) in [7, 11) is 0. The van der Waals surface area contributed by atoms with Crippen LogP contribution in [0.4, 0.5) is 0 Å². The number of carbonyl (C=O) groups excluding carboxylic acids is 1. The SMILES string of the molecule is C/C=C/C(C)(C)C(C)C(=O)OCC. The number of rotatable bonds is 4. The van der Waals surface area contributed by atoms with Crippen LogP contribution in [-0.4, -0.2) is 12.6 Å². The Bertz CT molecular complexity index is 192. The second-order valence-electron chi connectivity index (χ2n) is 3.80. The van der Waals surface area contributed by atoms with Gasteiger partial charge in [0.15, 0.2) is 0 Å². The molecule has 0 aromatic rings. The van der Waals surface area contributed by atoms with Gasteiger partial charge in [-0.1, -0.05) is 32.9 Å². The van der Waals surface area contributed by atoms with E-state index in [-0.39, 0.29) is 17.3 Å². The number of esters is 1. The standard InChI is InChI=1S/C11H20O2/c1-6-8-11(4,5)9(3)10(12)13-7-2/h6,8-9H,7H2,1-5H3/b8-6+. The lowest BCUT2D eigenvalue weighted by Gasteiger charge is -2.26. The molecule has 2 heteroatoms. The molecule has 2 nitrogen and oxygen atoms in total. The zero-order chi connectivity index (χ0) is 10.5. The lowest BCUT2D eigenvalue weighted by Crippen LogP contribution is -2.28. The maximum Gasteiger partial charge on any atom is 0.309 e. The predicted octanol–water partition coefficient (Wildman–Crippen LogP) is 2.79. The van der Waals surface area contributed by atoms with Crippen LogP contribution < -0.4 is 0 Å². The zero-order valence-electron chi connectivity index (χ0n) is 9.26. The topological polar surface area (TPSA) is 26.3 Å². The fourth-order valence-corrected chi connectivity index (χ4v) is 1.14. The molecule has 0 saturated heterocycles. The first kappa shape index (κ1) is 12.2. The van der Waals surface area contributed by atoms with Gasteiger partial charge in [0, 0.05) is 0 Å². The summed E-state index contributed by atoms with van der Waals surface area (Å²) >= 11 is 0. The van der Waals surface area contributed by atoms with Crippen LogP contribution in [-0.2, 0) is 9.53 Å². The van der Waals surface area contributed by atoms with E-state index in [2.05, 4.69) is 0 Å². The first-order valence-electron chi connectivity index (χ1n) is 4.76. The van der Waals surface area contributed by atoms with Crippen molar-refractivity contribution in [1.82, 2.24) is 0 Å². The molecule has 0 amide bonds. The van der Waals surface area contributed by atoms with Gasteiger partial charge in [0.1, 0.15) is 0 Å². The van der Waals surface area contributed by atoms with E-state index in [4.69, 9.17) is 4.74 Å². The molecule has 13 heavy (non-hydrogen) atoms. The molecule has 0 aliphatic heterocycles. The monoisotopic (exact) mass is 184 g/mol. The second-order valence-corrected chi connectivity index (χ2v) is 3.80. The summed E-state index contributed by atoms with van der Waals surface area (Å²) in [5.41, 5.74) is -0.124. The Morgan fingerprint density at radius 2 is 2.08 bits per heavy atom. The highest BCUT2D eigenvalue weighted by atomic mass is 16.5. The van der Waals surface area contributed by atoms with E-state index >= 15 is 0 Å². The molecule has 76 valence electrons. The summed E-state index contributed by atoms with van der Waals surface area (Å²) in [5, 5.41) is 0. The maximum absolute atomic E-state index is 11.4. The molecule has 1 unspecified atom stereocenters. The molecule has 0 spiro atoms. The molecule has 0 rings (SSSR count). The Balaban J connectivity index is 4.38. The van der Waals surface area contributed by atoms with Crippen LogP contribution in [0.3, 0.4) is 0 Å². The summed E-state index contributed by atoms with van der Waals surface area (Å²) in [6, 6.07) is 0. The fraction of sp³-hybridized carbons (Fsp3) is 0.727. The van der Waals surface area contributed by atoms with Gasteiger partial charge >= 0.3 is 5.97 Å². The van der Waals surface area contributed by atoms with Gasteiger partial charge in [-0.15, -0.1) is 0 Å². The van der Waals surface area contributed by atoms with E-state index in [0.717, 1.165) is 0 Å². The number of ether oxygens (including phenoxy) is 1. The molecule has 0 aromatic carbocycles. The van der Waals surface area contributed by atoms with E-state index in [1.54, 1.807) is 0 Å². The third-order valence-electron chi connectivity index (χ3n) is 2.35. The largest absolute Gasteiger partial charge is 0.466 e. The molecule has 0 saturated carbocycles. The van der Waals surface area contributed by atoms with Gasteiger partial charge in [0.05, 0.1) is 12.5 Å². The molecule has 0 fully saturated rings. The first-order chi connectivity index (χ1) is 5.95. The van der Waals surface area contributed by atoms with Crippen LogP contribution in [0.25, 0.3) is 0 Å². The van der Waals surface area contributed by atoms with E-state index < -0.39 is 0 Å². The van der Waals surface area contributed by atoms with Crippen molar-refractivity contribution in [3.05, 3.63) is 12.2 Å². The normalized spacial score (nSPS) is 14.5. The van der Waals surface area contributed by atoms with E-state index in [0.29, 0.717) is 6.61 Å². The highest BCUT2D eigenvalue weighted by Crippen LogP contribution is 2.28. The molecule has 0 aliphatic rings. The van der Waals surface area contributed by atoms with Crippen molar-refractivity contribution in [2.75, 3.05) is 6.61 Å². The number of allylic oxidation sites excluding steroid dienone is 2. The highest BCUT2D eigenvalue weighted by molar-refractivity contribution is 5.73. The van der Waals surface area contributed by atoms with Gasteiger partial charge in [-0.05, 0) is 19.3 Å². The molecule has 0 radical (unpaired) electrons. The van der Waals surface area contributed by atoms with Crippen LogP contribution >= 0.6 is 0 Å². The number of carbonyl (C=O) groups is 1. The van der Waals surface area contributed by atoms with Crippen molar-refractivity contribution in [2.24, 2.45) is 11.3 Å². The maximum atomic E-state index is 11.4. The van der Waals surface area contributed by atoms with Crippen LogP contribution in [0.15, 0.2) is 12.2 Å². The summed E-state index contributed by atoms with van der Waals surface area (Å²) in [6.45, 7) is 10.2. The van der Waals surface area contributed by atoms with Crippen molar-refractivity contribution in [3.8, 4) is 0 Å². The van der Waals surface area contributed by atoms with Crippen LogP contribution in [0, 0.1) is 11.3 Å². The third-order valence-corrected chi connectivity index (χ3v) is 2.35. The van der Waals surface area contributed by atoms with Crippen molar-refractivity contribution >= 4 is 5.97 Å². The smallest absolute Gasteiger partial charge is 0.309 e. The molecular weight excluding hydrogens is 164 g/mol. The predicted molar refractivity (Wildman–Crippen MR) is 54.4 cm³/mol. The Morgan fingerprint density at radius 3 is 2.46 bits per heavy atom. The average molecular weight is 184 g/mol. The lowest BCUT2D eigenvalue weighted by atomic mass is 9.80. The summed E-state index contributed by atoms with van der Waals surface area (Å²) in [6.07, 6.45) is 4.00. The van der Waals surface area contributed by atoms with Gasteiger partial charge < -0.3 is 4.74 Å². The Hall–Kier alpha value is -0.790. The van der Waals surface area contributed by atoms with Crippen LogP contribution in [0.2, 0.25) is 0 Å². The van der Waals surface area contributed by atoms with Crippen molar-refractivity contribution in [3.63, 3.8) is 0 Å². The molecule has 0 aliphatic carbocycles. The number of hydrogen-bond acceptors (Lipinski definition) is 2. The summed E-state index contributed by atoms with van der Waals surface area (Å²) in [4.78, 5) is 11.4. The van der Waals surface area contributed by atoms with Crippen molar-refractivity contribution < 1.29 is 9.53 Å². The fourth-order valence-electron chi connectivity index (χ4n) is 1.14. The van der Waals surface area contributed by atoms with Crippen molar-refractivity contribution in [1.29, 1.82) is 0 Å². The van der Waals surface area contributed by atoms with E-state index in [1.807, 2.05) is 46.8 Å². The van der Waals surface area contributed by atoms with Gasteiger partial charge in [-0.25, -0.2) is 0 Å². The van der Waals surface area contributed by atoms with Crippen molar-refractivity contribution in [2.45, 2.75) is 34.6 Å². The van der Waals surface area contributed by atoms with Gasteiger partial charge in [0.25, 0.3) is 0 Å².